The maximum atomic E-state index is 10.6. The van der Waals surface area contributed by atoms with Crippen LogP contribution in [0.1, 0.15) is 19.8 Å². The van der Waals surface area contributed by atoms with E-state index >= 15 is 0 Å². The van der Waals surface area contributed by atoms with Gasteiger partial charge in [0.15, 0.2) is 0 Å². The predicted molar refractivity (Wildman–Crippen MR) is 46.3 cm³/mol. The summed E-state index contributed by atoms with van der Waals surface area (Å²) < 4.78 is 5.01. The molecule has 13 heavy (non-hydrogen) atoms. The summed E-state index contributed by atoms with van der Waals surface area (Å²) in [6.45, 7) is 1.90. The van der Waals surface area contributed by atoms with Crippen molar-refractivity contribution in [2.75, 3.05) is 7.11 Å². The third kappa shape index (κ3) is 4.47. The number of carboxylic acid groups (broad SMARTS) is 1. The topological polar surface area (TPSA) is 75.6 Å². The minimum atomic E-state index is -1.04. The highest BCUT2D eigenvalue weighted by Gasteiger charge is 2.20. The molecule has 0 radical (unpaired) electrons. The monoisotopic (exact) mass is 189 g/mol. The highest BCUT2D eigenvalue weighted by Crippen LogP contribution is 2.05. The van der Waals surface area contributed by atoms with Crippen molar-refractivity contribution in [1.82, 2.24) is 5.32 Å². The normalized spacial score (nSPS) is 14.6. The molecule has 0 rings (SSSR count). The van der Waals surface area contributed by atoms with Crippen LogP contribution < -0.4 is 5.32 Å². The first-order chi connectivity index (χ1) is 6.15. The molecule has 0 bridgehead atoms. The molecule has 0 saturated heterocycles. The Morgan fingerprint density at radius 3 is 2.62 bits per heavy atom. The van der Waals surface area contributed by atoms with Gasteiger partial charge in [-0.2, -0.15) is 0 Å². The Morgan fingerprint density at radius 1 is 1.69 bits per heavy atom. The molecular formula is C8H15NO4. The zero-order valence-electron chi connectivity index (χ0n) is 7.82. The Bertz CT molecular complexity index is 168. The molecule has 0 aromatic rings. The number of methoxy groups -OCH3 is 1. The van der Waals surface area contributed by atoms with Gasteiger partial charge in [-0.05, 0) is 6.42 Å². The van der Waals surface area contributed by atoms with Gasteiger partial charge in [0, 0.05) is 13.5 Å². The van der Waals surface area contributed by atoms with Gasteiger partial charge in [0.25, 0.3) is 0 Å². The van der Waals surface area contributed by atoms with Gasteiger partial charge in [0.1, 0.15) is 6.04 Å². The summed E-state index contributed by atoms with van der Waals surface area (Å²) in [5.74, 6) is -1.04. The maximum Gasteiger partial charge on any atom is 0.326 e. The van der Waals surface area contributed by atoms with Crippen molar-refractivity contribution in [2.45, 2.75) is 31.9 Å². The number of ether oxygens (including phenoxy) is 1. The lowest BCUT2D eigenvalue weighted by Gasteiger charge is -2.17. The number of hydrogen-bond acceptors (Lipinski definition) is 3. The zero-order chi connectivity index (χ0) is 10.3. The maximum absolute atomic E-state index is 10.6. The third-order valence-corrected chi connectivity index (χ3v) is 1.85. The Kier molecular flexibility index (Phi) is 5.88. The Morgan fingerprint density at radius 2 is 2.31 bits per heavy atom. The van der Waals surface area contributed by atoms with Gasteiger partial charge >= 0.3 is 5.97 Å². The molecule has 0 spiro atoms. The van der Waals surface area contributed by atoms with Gasteiger partial charge in [0.05, 0.1) is 6.10 Å². The van der Waals surface area contributed by atoms with E-state index in [1.807, 2.05) is 6.92 Å². The van der Waals surface area contributed by atoms with Gasteiger partial charge in [-0.15, -0.1) is 0 Å². The quantitative estimate of drug-likeness (QED) is 0.553. The Labute approximate surface area is 77.1 Å². The molecule has 0 fully saturated rings. The molecule has 5 heteroatoms. The molecule has 76 valence electrons. The lowest BCUT2D eigenvalue weighted by atomic mass is 10.1. The fourth-order valence-corrected chi connectivity index (χ4v) is 1.01. The molecule has 0 heterocycles. The number of amides is 1. The molecule has 2 atom stereocenters. The van der Waals surface area contributed by atoms with Crippen LogP contribution in [0.15, 0.2) is 0 Å². The van der Waals surface area contributed by atoms with Crippen LogP contribution in [0.5, 0.6) is 0 Å². The van der Waals surface area contributed by atoms with E-state index in [9.17, 15) is 9.59 Å². The average Bonchev–Trinajstić information content (AvgIpc) is 2.11. The van der Waals surface area contributed by atoms with E-state index in [0.29, 0.717) is 12.8 Å². The number of nitrogens with one attached hydrogen (secondary N) is 1. The van der Waals surface area contributed by atoms with Gasteiger partial charge in [-0.1, -0.05) is 6.92 Å². The summed E-state index contributed by atoms with van der Waals surface area (Å²) in [5.41, 5.74) is 0. The summed E-state index contributed by atoms with van der Waals surface area (Å²) in [5, 5.41) is 10.9. The predicted octanol–water partition coefficient (Wildman–Crippen LogP) is 0.000700. The molecule has 0 aliphatic heterocycles. The molecule has 0 aliphatic rings. The van der Waals surface area contributed by atoms with E-state index in [1.165, 1.54) is 7.11 Å². The average molecular weight is 189 g/mol. The first-order valence-electron chi connectivity index (χ1n) is 4.11. The molecule has 0 aromatic heterocycles. The lowest BCUT2D eigenvalue weighted by molar-refractivity contribution is -0.141. The minimum Gasteiger partial charge on any atom is -0.480 e. The van der Waals surface area contributed by atoms with Gasteiger partial charge < -0.3 is 15.2 Å². The van der Waals surface area contributed by atoms with Crippen LogP contribution >= 0.6 is 0 Å². The standard InChI is InChI=1S/C8H15NO4/c1-3-6(13-2)4-7(8(11)12)9-5-10/h5-7H,3-4H2,1-2H3,(H,9,10)(H,11,12). The minimum absolute atomic E-state index is 0.131. The smallest absolute Gasteiger partial charge is 0.326 e. The second kappa shape index (κ2) is 6.42. The third-order valence-electron chi connectivity index (χ3n) is 1.85. The van der Waals surface area contributed by atoms with Crippen molar-refractivity contribution in [3.8, 4) is 0 Å². The van der Waals surface area contributed by atoms with Gasteiger partial charge in [0.2, 0.25) is 6.41 Å². The summed E-state index contributed by atoms with van der Waals surface area (Å²) in [6, 6.07) is -0.859. The molecular weight excluding hydrogens is 174 g/mol. The highest BCUT2D eigenvalue weighted by molar-refractivity contribution is 5.76. The molecule has 5 nitrogen and oxygen atoms in total. The van der Waals surface area contributed by atoms with E-state index in [2.05, 4.69) is 5.32 Å². The van der Waals surface area contributed by atoms with E-state index in [0.717, 1.165) is 6.42 Å². The second-order valence-corrected chi connectivity index (χ2v) is 2.68. The van der Waals surface area contributed by atoms with Crippen molar-refractivity contribution >= 4 is 12.4 Å². The summed E-state index contributed by atoms with van der Waals surface area (Å²) in [6.07, 6.45) is 1.27. The van der Waals surface area contributed by atoms with Crippen molar-refractivity contribution < 1.29 is 19.4 Å². The van der Waals surface area contributed by atoms with Crippen molar-refractivity contribution in [3.05, 3.63) is 0 Å². The molecule has 2 unspecified atom stereocenters. The van der Waals surface area contributed by atoms with E-state index < -0.39 is 12.0 Å². The second-order valence-electron chi connectivity index (χ2n) is 2.68. The van der Waals surface area contributed by atoms with Crippen LogP contribution in [0.2, 0.25) is 0 Å². The van der Waals surface area contributed by atoms with Gasteiger partial charge in [-0.25, -0.2) is 4.79 Å². The first kappa shape index (κ1) is 11.9. The lowest BCUT2D eigenvalue weighted by Crippen LogP contribution is -2.38. The summed E-state index contributed by atoms with van der Waals surface area (Å²) in [7, 11) is 1.52. The molecule has 0 aromatic carbocycles. The van der Waals surface area contributed by atoms with Crippen molar-refractivity contribution in [3.63, 3.8) is 0 Å². The Hall–Kier alpha value is -1.10. The number of carbonyl (C=O) groups excluding carboxylic acids is 1. The van der Waals surface area contributed by atoms with Crippen molar-refractivity contribution in [1.29, 1.82) is 0 Å². The molecule has 2 N–H and O–H groups in total. The summed E-state index contributed by atoms with van der Waals surface area (Å²) in [4.78, 5) is 20.6. The number of carboxylic acids is 1. The molecule has 0 saturated carbocycles. The molecule has 1 amide bonds. The fraction of sp³-hybridized carbons (Fsp3) is 0.750. The Balaban J connectivity index is 4.06. The van der Waals surface area contributed by atoms with Crippen LogP contribution in [0.3, 0.4) is 0 Å². The number of rotatable bonds is 7. The fourth-order valence-electron chi connectivity index (χ4n) is 1.01. The van der Waals surface area contributed by atoms with Crippen LogP contribution in [0.25, 0.3) is 0 Å². The molecule has 0 aliphatic carbocycles. The number of hydrogen-bond donors (Lipinski definition) is 2. The van der Waals surface area contributed by atoms with Crippen LogP contribution in [-0.4, -0.2) is 36.7 Å². The van der Waals surface area contributed by atoms with E-state index in [4.69, 9.17) is 9.84 Å². The SMILES string of the molecule is CCC(CC(NC=O)C(=O)O)OC. The van der Waals surface area contributed by atoms with Crippen LogP contribution in [0, 0.1) is 0 Å². The van der Waals surface area contributed by atoms with Gasteiger partial charge in [-0.3, -0.25) is 4.79 Å². The zero-order valence-corrected chi connectivity index (χ0v) is 7.82. The largest absolute Gasteiger partial charge is 0.480 e. The van der Waals surface area contributed by atoms with Crippen LogP contribution in [0.4, 0.5) is 0 Å². The van der Waals surface area contributed by atoms with Crippen molar-refractivity contribution in [2.24, 2.45) is 0 Å². The van der Waals surface area contributed by atoms with E-state index in [-0.39, 0.29) is 6.10 Å². The summed E-state index contributed by atoms with van der Waals surface area (Å²) >= 11 is 0. The number of aliphatic carboxylic acids is 1. The van der Waals surface area contributed by atoms with Crippen LogP contribution in [-0.2, 0) is 14.3 Å². The highest BCUT2D eigenvalue weighted by atomic mass is 16.5. The number of carbonyl (C=O) groups is 2. The first-order valence-corrected chi connectivity index (χ1v) is 4.11. The van der Waals surface area contributed by atoms with E-state index in [1.54, 1.807) is 0 Å².